The molecular weight excluding hydrogens is 338 g/mol. The van der Waals surface area contributed by atoms with Crippen molar-refractivity contribution in [1.82, 2.24) is 4.98 Å². The van der Waals surface area contributed by atoms with Gasteiger partial charge in [0.2, 0.25) is 5.95 Å². The van der Waals surface area contributed by atoms with Crippen molar-refractivity contribution in [2.45, 2.75) is 18.2 Å². The summed E-state index contributed by atoms with van der Waals surface area (Å²) < 4.78 is 77.2. The number of pyridine rings is 1. The highest BCUT2D eigenvalue weighted by molar-refractivity contribution is 7.91. The van der Waals surface area contributed by atoms with Crippen LogP contribution in [0.1, 0.15) is 6.92 Å². The minimum absolute atomic E-state index is 0.261. The van der Waals surface area contributed by atoms with Crippen molar-refractivity contribution < 1.29 is 30.7 Å². The Morgan fingerprint density at radius 1 is 1.13 bits per heavy atom. The van der Waals surface area contributed by atoms with Crippen LogP contribution in [0.4, 0.5) is 17.6 Å². The third kappa shape index (κ3) is 4.19. The summed E-state index contributed by atoms with van der Waals surface area (Å²) in [7, 11) is -3.80. The zero-order valence-electron chi connectivity index (χ0n) is 11.8. The van der Waals surface area contributed by atoms with E-state index in [1.54, 1.807) is 0 Å². The lowest BCUT2D eigenvalue weighted by atomic mass is 10.1. The van der Waals surface area contributed by atoms with Crippen molar-refractivity contribution in [2.24, 2.45) is 0 Å². The van der Waals surface area contributed by atoms with Gasteiger partial charge in [-0.2, -0.15) is 4.39 Å². The highest BCUT2D eigenvalue weighted by Crippen LogP contribution is 2.28. The number of rotatable bonds is 4. The maximum absolute atomic E-state index is 13.6. The first kappa shape index (κ1) is 17.2. The molecule has 0 amide bonds. The Morgan fingerprint density at radius 3 is 2.26 bits per heavy atom. The molecule has 0 bridgehead atoms. The second-order valence-corrected chi connectivity index (χ2v) is 6.74. The molecule has 1 aromatic carbocycles. The first-order chi connectivity index (χ1) is 10.6. The number of ether oxygens (including phenoxy) is 1. The number of alkyl halides is 3. The van der Waals surface area contributed by atoms with Gasteiger partial charge in [0.15, 0.2) is 9.84 Å². The van der Waals surface area contributed by atoms with Crippen LogP contribution in [0.2, 0.25) is 0 Å². The normalized spacial score (nSPS) is 12.2. The van der Waals surface area contributed by atoms with E-state index in [1.807, 2.05) is 0 Å². The number of nitrogens with zero attached hydrogens (tertiary/aromatic N) is 1. The van der Waals surface area contributed by atoms with E-state index < -0.39 is 32.8 Å². The first-order valence-corrected chi connectivity index (χ1v) is 8.02. The number of hydrogen-bond acceptors (Lipinski definition) is 4. The molecule has 0 fully saturated rings. The predicted molar refractivity (Wildman–Crippen MR) is 74.0 cm³/mol. The van der Waals surface area contributed by atoms with Crippen molar-refractivity contribution in [3.05, 3.63) is 42.5 Å². The zero-order chi connectivity index (χ0) is 17.3. The maximum Gasteiger partial charge on any atom is 0.573 e. The Hall–Kier alpha value is -2.16. The van der Waals surface area contributed by atoms with Crippen LogP contribution < -0.4 is 4.74 Å². The Bertz CT molecular complexity index is 802. The molecule has 23 heavy (non-hydrogen) atoms. The molecule has 124 valence electrons. The van der Waals surface area contributed by atoms with Crippen LogP contribution in [0.25, 0.3) is 11.1 Å². The van der Waals surface area contributed by atoms with Crippen LogP contribution in [0.5, 0.6) is 5.75 Å². The van der Waals surface area contributed by atoms with Gasteiger partial charge < -0.3 is 4.74 Å². The van der Waals surface area contributed by atoms with Crippen molar-refractivity contribution in [3.63, 3.8) is 0 Å². The quantitative estimate of drug-likeness (QED) is 0.625. The van der Waals surface area contributed by atoms with Gasteiger partial charge in [-0.05, 0) is 23.8 Å². The summed E-state index contributed by atoms with van der Waals surface area (Å²) >= 11 is 0. The lowest BCUT2D eigenvalue weighted by Gasteiger charge is -2.10. The molecule has 2 aromatic rings. The van der Waals surface area contributed by atoms with E-state index in [4.69, 9.17) is 0 Å². The SMILES string of the molecule is CCS(=O)(=O)c1cc(-c2ccc(OC(F)(F)F)cc2)cnc1F. The summed E-state index contributed by atoms with van der Waals surface area (Å²) in [5.41, 5.74) is 0.636. The molecule has 0 spiro atoms. The fourth-order valence-electron chi connectivity index (χ4n) is 1.81. The van der Waals surface area contributed by atoms with Crippen molar-refractivity contribution in [3.8, 4) is 16.9 Å². The van der Waals surface area contributed by atoms with Crippen molar-refractivity contribution in [1.29, 1.82) is 0 Å². The maximum atomic E-state index is 13.6. The lowest BCUT2D eigenvalue weighted by Crippen LogP contribution is -2.16. The molecule has 0 radical (unpaired) electrons. The average Bonchev–Trinajstić information content (AvgIpc) is 2.47. The van der Waals surface area contributed by atoms with E-state index >= 15 is 0 Å². The Labute approximate surface area is 129 Å². The molecule has 0 unspecified atom stereocenters. The molecule has 0 saturated heterocycles. The Morgan fingerprint density at radius 2 is 1.74 bits per heavy atom. The highest BCUT2D eigenvalue weighted by Gasteiger charge is 2.31. The van der Waals surface area contributed by atoms with Crippen LogP contribution >= 0.6 is 0 Å². The molecule has 2 rings (SSSR count). The number of hydrogen-bond donors (Lipinski definition) is 0. The molecule has 0 atom stereocenters. The molecule has 0 aliphatic carbocycles. The molecule has 9 heteroatoms. The van der Waals surface area contributed by atoms with Crippen LogP contribution in [-0.4, -0.2) is 25.5 Å². The van der Waals surface area contributed by atoms with E-state index in [0.717, 1.165) is 24.4 Å². The Kier molecular flexibility index (Phi) is 4.60. The third-order valence-corrected chi connectivity index (χ3v) is 4.66. The smallest absolute Gasteiger partial charge is 0.406 e. The zero-order valence-corrected chi connectivity index (χ0v) is 12.6. The van der Waals surface area contributed by atoms with E-state index in [1.165, 1.54) is 19.1 Å². The van der Waals surface area contributed by atoms with E-state index in [2.05, 4.69) is 9.72 Å². The lowest BCUT2D eigenvalue weighted by molar-refractivity contribution is -0.274. The number of aromatic nitrogens is 1. The third-order valence-electron chi connectivity index (χ3n) is 2.94. The summed E-state index contributed by atoms with van der Waals surface area (Å²) in [5, 5.41) is 0. The summed E-state index contributed by atoms with van der Waals surface area (Å²) in [6.45, 7) is 1.37. The van der Waals surface area contributed by atoms with Gasteiger partial charge in [-0.1, -0.05) is 19.1 Å². The number of benzene rings is 1. The Balaban J connectivity index is 2.38. The van der Waals surface area contributed by atoms with Gasteiger partial charge >= 0.3 is 6.36 Å². The van der Waals surface area contributed by atoms with Gasteiger partial charge in [0.1, 0.15) is 10.6 Å². The average molecular weight is 349 g/mol. The molecule has 0 saturated carbocycles. The van der Waals surface area contributed by atoms with Crippen LogP contribution in [0.3, 0.4) is 0 Å². The van der Waals surface area contributed by atoms with Crippen LogP contribution in [-0.2, 0) is 9.84 Å². The van der Waals surface area contributed by atoms with Crippen LogP contribution in [0.15, 0.2) is 41.4 Å². The van der Waals surface area contributed by atoms with Crippen LogP contribution in [0, 0.1) is 5.95 Å². The highest BCUT2D eigenvalue weighted by atomic mass is 32.2. The minimum Gasteiger partial charge on any atom is -0.406 e. The van der Waals surface area contributed by atoms with E-state index in [9.17, 15) is 26.0 Å². The molecule has 0 aliphatic heterocycles. The largest absolute Gasteiger partial charge is 0.573 e. The summed E-state index contributed by atoms with van der Waals surface area (Å²) in [6.07, 6.45) is -3.70. The van der Waals surface area contributed by atoms with Gasteiger partial charge in [-0.25, -0.2) is 13.4 Å². The fraction of sp³-hybridized carbons (Fsp3) is 0.214. The predicted octanol–water partition coefficient (Wildman–Crippen LogP) is 3.58. The summed E-state index contributed by atoms with van der Waals surface area (Å²) in [6, 6.07) is 5.82. The molecule has 0 aliphatic rings. The van der Waals surface area contributed by atoms with Gasteiger partial charge in [-0.3, -0.25) is 0 Å². The fourth-order valence-corrected chi connectivity index (χ4v) is 2.74. The first-order valence-electron chi connectivity index (χ1n) is 6.37. The molecule has 1 aromatic heterocycles. The van der Waals surface area contributed by atoms with Crippen molar-refractivity contribution >= 4 is 9.84 Å². The number of halogens is 4. The summed E-state index contributed by atoms with van der Waals surface area (Å²) in [4.78, 5) is 2.85. The van der Waals surface area contributed by atoms with Gasteiger partial charge in [-0.15, -0.1) is 13.2 Å². The molecule has 1 heterocycles. The van der Waals surface area contributed by atoms with Gasteiger partial charge in [0.25, 0.3) is 0 Å². The molecule has 4 nitrogen and oxygen atoms in total. The molecule has 0 N–H and O–H groups in total. The standard InChI is InChI=1S/C14H11F4NO3S/c1-2-23(20,21)12-7-10(8-19-13(12)15)9-3-5-11(6-4-9)22-14(16,17)18/h3-8H,2H2,1H3. The van der Waals surface area contributed by atoms with Crippen molar-refractivity contribution in [2.75, 3.05) is 5.75 Å². The molecular formula is C14H11F4NO3S. The number of sulfone groups is 1. The van der Waals surface area contributed by atoms with Gasteiger partial charge in [0.05, 0.1) is 5.75 Å². The summed E-state index contributed by atoms with van der Waals surface area (Å²) in [5.74, 6) is -1.83. The minimum atomic E-state index is -4.80. The van der Waals surface area contributed by atoms with E-state index in [-0.39, 0.29) is 11.3 Å². The van der Waals surface area contributed by atoms with E-state index in [0.29, 0.717) is 5.56 Å². The second kappa shape index (κ2) is 6.15. The monoisotopic (exact) mass is 349 g/mol. The second-order valence-electron chi connectivity index (χ2n) is 4.49. The topological polar surface area (TPSA) is 56.3 Å². The van der Waals surface area contributed by atoms with Gasteiger partial charge in [0, 0.05) is 11.8 Å².